The van der Waals surface area contributed by atoms with E-state index < -0.39 is 17.8 Å². The van der Waals surface area contributed by atoms with Crippen LogP contribution in [0.1, 0.15) is 42.9 Å². The van der Waals surface area contributed by atoms with Crippen molar-refractivity contribution in [2.45, 2.75) is 13.8 Å². The molecule has 1 amide bonds. The van der Waals surface area contributed by atoms with Gasteiger partial charge in [-0.3, -0.25) is 4.79 Å². The summed E-state index contributed by atoms with van der Waals surface area (Å²) in [6.07, 6.45) is 0. The van der Waals surface area contributed by atoms with Crippen molar-refractivity contribution in [1.29, 1.82) is 0 Å². The molecule has 1 heterocycles. The maximum Gasteiger partial charge on any atom is 0.348 e. The largest absolute Gasteiger partial charge is 0.462 e. The zero-order valence-corrected chi connectivity index (χ0v) is 18.1. The first kappa shape index (κ1) is 22.1. The van der Waals surface area contributed by atoms with E-state index in [4.69, 9.17) is 14.2 Å². The van der Waals surface area contributed by atoms with Crippen molar-refractivity contribution in [2.24, 2.45) is 0 Å². The number of methoxy groups -OCH3 is 1. The predicted octanol–water partition coefficient (Wildman–Crippen LogP) is 4.05. The minimum atomic E-state index is -0.614. The van der Waals surface area contributed by atoms with Gasteiger partial charge in [-0.15, -0.1) is 11.3 Å². The number of hydrogen-bond acceptors (Lipinski definition) is 7. The normalized spacial score (nSPS) is 10.4. The Morgan fingerprint density at radius 2 is 1.89 bits per heavy atom. The number of amides is 1. The molecule has 0 bridgehead atoms. The van der Waals surface area contributed by atoms with E-state index in [2.05, 4.69) is 21.2 Å². The third-order valence-electron chi connectivity index (χ3n) is 3.65. The monoisotopic (exact) mass is 469 g/mol. The summed E-state index contributed by atoms with van der Waals surface area (Å²) in [5.41, 5.74) is 0.948. The molecule has 0 aliphatic heterocycles. The lowest BCUT2D eigenvalue weighted by Gasteiger charge is -2.07. The molecule has 0 saturated carbocycles. The third-order valence-corrected chi connectivity index (χ3v) is 5.33. The molecule has 0 saturated heterocycles. The van der Waals surface area contributed by atoms with Gasteiger partial charge in [0.25, 0.3) is 5.91 Å². The second-order valence-electron chi connectivity index (χ2n) is 5.57. The summed E-state index contributed by atoms with van der Waals surface area (Å²) < 4.78 is 15.8. The van der Waals surface area contributed by atoms with Gasteiger partial charge in [-0.25, -0.2) is 9.59 Å². The Kier molecular flexibility index (Phi) is 8.16. The van der Waals surface area contributed by atoms with E-state index in [1.807, 2.05) is 0 Å². The Bertz CT molecular complexity index is 879. The van der Waals surface area contributed by atoms with Crippen LogP contribution in [0.3, 0.4) is 0 Å². The van der Waals surface area contributed by atoms with Gasteiger partial charge in [-0.05, 0) is 37.6 Å². The van der Waals surface area contributed by atoms with E-state index in [0.717, 1.165) is 15.8 Å². The second kappa shape index (κ2) is 10.4. The highest BCUT2D eigenvalue weighted by atomic mass is 79.9. The molecule has 0 atom stereocenters. The average Bonchev–Trinajstić information content (AvgIpc) is 2.98. The predicted molar refractivity (Wildman–Crippen MR) is 109 cm³/mol. The van der Waals surface area contributed by atoms with Crippen molar-refractivity contribution < 1.29 is 28.6 Å². The number of halogens is 1. The first-order valence-electron chi connectivity index (χ1n) is 8.42. The van der Waals surface area contributed by atoms with Crippen LogP contribution in [0.2, 0.25) is 0 Å². The standard InChI is InChI=1S/C19H20BrNO6S/c1-4-26-18(23)14-11(2)15(19(24)27-9-8-25-3)28-17(14)21-16(22)12-6-5-7-13(20)10-12/h5-7,10H,4,8-9H2,1-3H3,(H,21,22). The van der Waals surface area contributed by atoms with Gasteiger partial charge in [0.2, 0.25) is 0 Å². The summed E-state index contributed by atoms with van der Waals surface area (Å²) >= 11 is 4.29. The van der Waals surface area contributed by atoms with Crippen molar-refractivity contribution in [3.05, 3.63) is 50.3 Å². The molecule has 1 aromatic carbocycles. The lowest BCUT2D eigenvalue weighted by atomic mass is 10.1. The van der Waals surface area contributed by atoms with Gasteiger partial charge < -0.3 is 19.5 Å². The summed E-state index contributed by atoms with van der Waals surface area (Å²) in [5.74, 6) is -1.61. The van der Waals surface area contributed by atoms with Crippen LogP contribution in [-0.4, -0.2) is 44.8 Å². The zero-order valence-electron chi connectivity index (χ0n) is 15.7. The van der Waals surface area contributed by atoms with Gasteiger partial charge in [0.05, 0.1) is 18.8 Å². The fourth-order valence-electron chi connectivity index (χ4n) is 2.33. The molecule has 9 heteroatoms. The maximum atomic E-state index is 12.6. The highest BCUT2D eigenvalue weighted by molar-refractivity contribution is 9.10. The Labute approximate surface area is 175 Å². The molecule has 0 spiro atoms. The summed E-state index contributed by atoms with van der Waals surface area (Å²) in [6, 6.07) is 6.82. The molecule has 7 nitrogen and oxygen atoms in total. The summed E-state index contributed by atoms with van der Waals surface area (Å²) in [4.78, 5) is 37.6. The van der Waals surface area contributed by atoms with Crippen LogP contribution in [0, 0.1) is 6.92 Å². The minimum absolute atomic E-state index is 0.0845. The van der Waals surface area contributed by atoms with Crippen molar-refractivity contribution in [3.8, 4) is 0 Å². The number of rotatable bonds is 8. The molecule has 0 aliphatic rings. The van der Waals surface area contributed by atoms with E-state index in [0.29, 0.717) is 11.1 Å². The van der Waals surface area contributed by atoms with Crippen LogP contribution >= 0.6 is 27.3 Å². The smallest absolute Gasteiger partial charge is 0.348 e. The van der Waals surface area contributed by atoms with Crippen LogP contribution in [0.4, 0.5) is 5.00 Å². The van der Waals surface area contributed by atoms with Crippen LogP contribution in [-0.2, 0) is 14.2 Å². The first-order valence-corrected chi connectivity index (χ1v) is 10.0. The SMILES string of the molecule is CCOC(=O)c1c(NC(=O)c2cccc(Br)c2)sc(C(=O)OCCOC)c1C. The van der Waals surface area contributed by atoms with E-state index in [1.165, 1.54) is 7.11 Å². The van der Waals surface area contributed by atoms with E-state index in [-0.39, 0.29) is 35.3 Å². The lowest BCUT2D eigenvalue weighted by molar-refractivity contribution is 0.0392. The molecule has 1 aromatic heterocycles. The molecular formula is C19H20BrNO6S. The Morgan fingerprint density at radius 3 is 2.54 bits per heavy atom. The quantitative estimate of drug-likeness (QED) is 0.463. The molecule has 0 fully saturated rings. The van der Waals surface area contributed by atoms with Gasteiger partial charge in [0.1, 0.15) is 16.5 Å². The Hall–Kier alpha value is -2.23. The average molecular weight is 470 g/mol. The van der Waals surface area contributed by atoms with Crippen molar-refractivity contribution in [1.82, 2.24) is 0 Å². The number of anilines is 1. The van der Waals surface area contributed by atoms with Gasteiger partial charge in [0, 0.05) is 17.1 Å². The topological polar surface area (TPSA) is 90.9 Å². The van der Waals surface area contributed by atoms with Crippen LogP contribution in [0.15, 0.2) is 28.7 Å². The van der Waals surface area contributed by atoms with Gasteiger partial charge in [0.15, 0.2) is 0 Å². The van der Waals surface area contributed by atoms with Gasteiger partial charge >= 0.3 is 11.9 Å². The molecule has 0 aliphatic carbocycles. The molecule has 28 heavy (non-hydrogen) atoms. The fourth-order valence-corrected chi connectivity index (χ4v) is 3.82. The lowest BCUT2D eigenvalue weighted by Crippen LogP contribution is -2.15. The number of carbonyl (C=O) groups is 3. The molecular weight excluding hydrogens is 450 g/mol. The Morgan fingerprint density at radius 1 is 1.14 bits per heavy atom. The van der Waals surface area contributed by atoms with Crippen molar-refractivity contribution in [3.63, 3.8) is 0 Å². The summed E-state index contributed by atoms with van der Waals surface area (Å²) in [7, 11) is 1.50. The van der Waals surface area contributed by atoms with E-state index >= 15 is 0 Å². The molecule has 150 valence electrons. The molecule has 2 aromatic rings. The van der Waals surface area contributed by atoms with Gasteiger partial charge in [-0.1, -0.05) is 22.0 Å². The molecule has 1 N–H and O–H groups in total. The van der Waals surface area contributed by atoms with E-state index in [1.54, 1.807) is 38.1 Å². The number of esters is 2. The van der Waals surface area contributed by atoms with Crippen molar-refractivity contribution >= 4 is 50.1 Å². The second-order valence-corrected chi connectivity index (χ2v) is 7.51. The number of thiophene rings is 1. The van der Waals surface area contributed by atoms with E-state index in [9.17, 15) is 14.4 Å². The number of benzene rings is 1. The highest BCUT2D eigenvalue weighted by Gasteiger charge is 2.27. The summed E-state index contributed by atoms with van der Waals surface area (Å²) in [6.45, 7) is 3.80. The van der Waals surface area contributed by atoms with Crippen molar-refractivity contribution in [2.75, 3.05) is 32.2 Å². The molecule has 0 radical (unpaired) electrons. The van der Waals surface area contributed by atoms with Gasteiger partial charge in [-0.2, -0.15) is 0 Å². The fraction of sp³-hybridized carbons (Fsp3) is 0.316. The minimum Gasteiger partial charge on any atom is -0.462 e. The number of nitrogens with one attached hydrogen (secondary N) is 1. The summed E-state index contributed by atoms with van der Waals surface area (Å²) in [5, 5.41) is 2.94. The number of ether oxygens (including phenoxy) is 3. The van der Waals surface area contributed by atoms with Crippen LogP contribution < -0.4 is 5.32 Å². The van der Waals surface area contributed by atoms with Crippen LogP contribution in [0.25, 0.3) is 0 Å². The Balaban J connectivity index is 2.35. The zero-order chi connectivity index (χ0) is 20.7. The third kappa shape index (κ3) is 5.40. The highest BCUT2D eigenvalue weighted by Crippen LogP contribution is 2.34. The van der Waals surface area contributed by atoms with Crippen LogP contribution in [0.5, 0.6) is 0 Å². The maximum absolute atomic E-state index is 12.6. The molecule has 0 unspecified atom stereocenters. The first-order chi connectivity index (χ1) is 13.4. The molecule has 2 rings (SSSR count). The number of hydrogen-bond donors (Lipinski definition) is 1. The number of carbonyl (C=O) groups excluding carboxylic acids is 3.